The summed E-state index contributed by atoms with van der Waals surface area (Å²) < 4.78 is 0. The van der Waals surface area contributed by atoms with E-state index in [4.69, 9.17) is 0 Å². The fourth-order valence-corrected chi connectivity index (χ4v) is 2.79. The van der Waals surface area contributed by atoms with Crippen LogP contribution in [0.4, 0.5) is 11.4 Å². The van der Waals surface area contributed by atoms with Crippen LogP contribution >= 0.6 is 12.6 Å². The third-order valence-corrected chi connectivity index (χ3v) is 3.70. The van der Waals surface area contributed by atoms with Crippen LogP contribution in [0.15, 0.2) is 42.5 Å². The summed E-state index contributed by atoms with van der Waals surface area (Å²) in [6, 6.07) is 14.1. The predicted octanol–water partition coefficient (Wildman–Crippen LogP) is 3.43. The highest BCUT2D eigenvalue weighted by atomic mass is 32.1. The van der Waals surface area contributed by atoms with Crippen LogP contribution in [0.1, 0.15) is 21.5 Å². The molecule has 0 saturated carbocycles. The number of para-hydroxylation sites is 1. The van der Waals surface area contributed by atoms with Gasteiger partial charge in [-0.2, -0.15) is 0 Å². The average Bonchev–Trinajstić information content (AvgIpc) is 2.38. The second-order valence-corrected chi connectivity index (χ2v) is 4.88. The summed E-state index contributed by atoms with van der Waals surface area (Å²) in [5.41, 5.74) is 5.31. The minimum absolute atomic E-state index is 0.167. The van der Waals surface area contributed by atoms with Crippen molar-refractivity contribution < 1.29 is 4.79 Å². The summed E-state index contributed by atoms with van der Waals surface area (Å²) in [6.45, 7) is 0. The van der Waals surface area contributed by atoms with Crippen LogP contribution in [0.5, 0.6) is 0 Å². The van der Waals surface area contributed by atoms with Crippen molar-refractivity contribution in [3.05, 3.63) is 59.2 Å². The highest BCUT2D eigenvalue weighted by molar-refractivity contribution is 7.97. The molecular weight excluding hydrogens is 242 g/mol. The predicted molar refractivity (Wildman–Crippen MR) is 77.1 cm³/mol. The highest BCUT2D eigenvalue weighted by Crippen LogP contribution is 2.38. The molecule has 3 rings (SSSR count). The average molecular weight is 255 g/mol. The molecule has 0 bridgehead atoms. The lowest BCUT2D eigenvalue weighted by molar-refractivity contribution is 0.109. The minimum Gasteiger partial charge on any atom is -0.344 e. The first-order chi connectivity index (χ1) is 8.68. The maximum Gasteiger partial charge on any atom is 0.216 e. The molecule has 2 aromatic rings. The van der Waals surface area contributed by atoms with Crippen molar-refractivity contribution in [3.63, 3.8) is 0 Å². The van der Waals surface area contributed by atoms with E-state index in [0.29, 0.717) is 5.56 Å². The van der Waals surface area contributed by atoms with Gasteiger partial charge in [0.2, 0.25) is 5.12 Å². The van der Waals surface area contributed by atoms with Crippen LogP contribution in [0.25, 0.3) is 0 Å². The number of fused-ring (bicyclic) bond motifs is 2. The first kappa shape index (κ1) is 11.4. The van der Waals surface area contributed by atoms with Gasteiger partial charge in [0.05, 0.1) is 0 Å². The van der Waals surface area contributed by atoms with Crippen molar-refractivity contribution in [1.29, 1.82) is 0 Å². The van der Waals surface area contributed by atoms with Crippen LogP contribution in [-0.2, 0) is 6.42 Å². The topological polar surface area (TPSA) is 20.3 Å². The Morgan fingerprint density at radius 3 is 2.61 bits per heavy atom. The highest BCUT2D eigenvalue weighted by Gasteiger charge is 2.22. The normalized spacial score (nSPS) is 12.9. The molecule has 0 radical (unpaired) electrons. The lowest BCUT2D eigenvalue weighted by Crippen LogP contribution is -2.20. The van der Waals surface area contributed by atoms with E-state index in [-0.39, 0.29) is 5.12 Å². The number of nitrogens with zero attached hydrogens (tertiary/aromatic N) is 1. The minimum atomic E-state index is -0.167. The number of thiol groups is 1. The maximum atomic E-state index is 11.6. The molecule has 18 heavy (non-hydrogen) atoms. The van der Waals surface area contributed by atoms with E-state index in [1.807, 2.05) is 37.4 Å². The van der Waals surface area contributed by atoms with Gasteiger partial charge in [-0.15, -0.1) is 12.6 Å². The third-order valence-electron chi connectivity index (χ3n) is 3.46. The summed E-state index contributed by atoms with van der Waals surface area (Å²) >= 11 is 3.96. The van der Waals surface area contributed by atoms with Crippen molar-refractivity contribution >= 4 is 29.1 Å². The molecule has 1 heterocycles. The van der Waals surface area contributed by atoms with Crippen LogP contribution in [0.3, 0.4) is 0 Å². The van der Waals surface area contributed by atoms with E-state index in [0.717, 1.165) is 17.7 Å². The van der Waals surface area contributed by atoms with E-state index in [1.165, 1.54) is 11.3 Å². The van der Waals surface area contributed by atoms with Crippen LogP contribution < -0.4 is 4.90 Å². The first-order valence-electron chi connectivity index (χ1n) is 5.85. The van der Waals surface area contributed by atoms with Crippen molar-refractivity contribution in [1.82, 2.24) is 0 Å². The molecule has 2 nitrogen and oxygen atoms in total. The van der Waals surface area contributed by atoms with E-state index in [1.54, 1.807) is 0 Å². The largest absolute Gasteiger partial charge is 0.344 e. The zero-order valence-electron chi connectivity index (χ0n) is 10.1. The van der Waals surface area contributed by atoms with E-state index < -0.39 is 0 Å². The summed E-state index contributed by atoms with van der Waals surface area (Å²) in [4.78, 5) is 13.7. The fourth-order valence-electron chi connectivity index (χ4n) is 2.58. The SMILES string of the molecule is CN1c2ccccc2Cc2c(C(=O)S)cccc21. The van der Waals surface area contributed by atoms with Gasteiger partial charge >= 0.3 is 0 Å². The Labute approximate surface area is 112 Å². The molecule has 1 aliphatic heterocycles. The molecule has 0 atom stereocenters. The van der Waals surface area contributed by atoms with E-state index in [9.17, 15) is 4.79 Å². The molecule has 0 N–H and O–H groups in total. The van der Waals surface area contributed by atoms with Crippen molar-refractivity contribution in [2.75, 3.05) is 11.9 Å². The quantitative estimate of drug-likeness (QED) is 0.788. The molecule has 3 heteroatoms. The van der Waals surface area contributed by atoms with Crippen LogP contribution in [0, 0.1) is 0 Å². The Hall–Kier alpha value is -1.74. The van der Waals surface area contributed by atoms with Crippen LogP contribution in [-0.4, -0.2) is 12.2 Å². The monoisotopic (exact) mass is 255 g/mol. The van der Waals surface area contributed by atoms with Gasteiger partial charge in [-0.3, -0.25) is 4.79 Å². The Morgan fingerprint density at radius 2 is 1.83 bits per heavy atom. The van der Waals surface area contributed by atoms with Gasteiger partial charge in [0.1, 0.15) is 0 Å². The number of hydrogen-bond acceptors (Lipinski definition) is 2. The molecule has 0 unspecified atom stereocenters. The van der Waals surface area contributed by atoms with Gasteiger partial charge in [-0.25, -0.2) is 0 Å². The number of rotatable bonds is 1. The summed E-state index contributed by atoms with van der Waals surface area (Å²) in [5, 5.41) is -0.167. The number of benzene rings is 2. The second-order valence-electron chi connectivity index (χ2n) is 4.47. The molecule has 0 aromatic heterocycles. The lowest BCUT2D eigenvalue weighted by atomic mass is 9.92. The second kappa shape index (κ2) is 4.18. The smallest absolute Gasteiger partial charge is 0.216 e. The Morgan fingerprint density at radius 1 is 1.11 bits per heavy atom. The van der Waals surface area contributed by atoms with E-state index in [2.05, 4.69) is 29.7 Å². The van der Waals surface area contributed by atoms with Crippen molar-refractivity contribution in [2.24, 2.45) is 0 Å². The Kier molecular flexibility index (Phi) is 2.63. The summed E-state index contributed by atoms with van der Waals surface area (Å²) in [5.74, 6) is 0. The molecule has 0 spiro atoms. The zero-order valence-corrected chi connectivity index (χ0v) is 10.9. The number of carbonyl (C=O) groups excluding carboxylic acids is 1. The van der Waals surface area contributed by atoms with Gasteiger partial charge in [-0.1, -0.05) is 30.3 Å². The Balaban J connectivity index is 2.22. The molecule has 0 amide bonds. The maximum absolute atomic E-state index is 11.6. The number of hydrogen-bond donors (Lipinski definition) is 1. The number of anilines is 2. The lowest BCUT2D eigenvalue weighted by Gasteiger charge is -2.31. The zero-order chi connectivity index (χ0) is 12.7. The third kappa shape index (κ3) is 1.63. The van der Waals surface area contributed by atoms with Gasteiger partial charge in [0, 0.05) is 30.4 Å². The van der Waals surface area contributed by atoms with Crippen LogP contribution in [0.2, 0.25) is 0 Å². The molecule has 0 aliphatic carbocycles. The number of carbonyl (C=O) groups is 1. The van der Waals surface area contributed by atoms with Gasteiger partial charge in [-0.05, 0) is 23.3 Å². The summed E-state index contributed by atoms with van der Waals surface area (Å²) in [7, 11) is 2.03. The standard InChI is InChI=1S/C15H13NOS/c1-16-13-7-3-2-5-10(13)9-12-11(15(17)18)6-4-8-14(12)16/h2-8H,9H2,1H3,(H,17,18). The molecule has 90 valence electrons. The van der Waals surface area contributed by atoms with Gasteiger partial charge in [0.25, 0.3) is 0 Å². The molecular formula is C15H13NOS. The summed E-state index contributed by atoms with van der Waals surface area (Å²) in [6.07, 6.45) is 0.790. The first-order valence-corrected chi connectivity index (χ1v) is 6.30. The Bertz CT molecular complexity index is 636. The van der Waals surface area contributed by atoms with Crippen molar-refractivity contribution in [3.8, 4) is 0 Å². The molecule has 1 aliphatic rings. The van der Waals surface area contributed by atoms with Crippen molar-refractivity contribution in [2.45, 2.75) is 6.42 Å². The molecule has 0 fully saturated rings. The fraction of sp³-hybridized carbons (Fsp3) is 0.133. The molecule has 0 saturated heterocycles. The van der Waals surface area contributed by atoms with Gasteiger partial charge in [0.15, 0.2) is 0 Å². The molecule has 2 aromatic carbocycles. The van der Waals surface area contributed by atoms with E-state index >= 15 is 0 Å². The van der Waals surface area contributed by atoms with Gasteiger partial charge < -0.3 is 4.90 Å².